The van der Waals surface area contributed by atoms with Gasteiger partial charge in [-0.05, 0) is 31.2 Å². The van der Waals surface area contributed by atoms with Gasteiger partial charge in [-0.3, -0.25) is 14.9 Å². The van der Waals surface area contributed by atoms with Gasteiger partial charge >= 0.3 is 11.7 Å². The second-order valence-corrected chi connectivity index (χ2v) is 9.74. The summed E-state index contributed by atoms with van der Waals surface area (Å²) in [6.45, 7) is 6.86. The van der Waals surface area contributed by atoms with E-state index in [4.69, 9.17) is 21.4 Å². The molecule has 0 amide bonds. The van der Waals surface area contributed by atoms with Crippen molar-refractivity contribution < 1.29 is 19.6 Å². The third-order valence-electron chi connectivity index (χ3n) is 4.69. The topological polar surface area (TPSA) is 137 Å². The molecule has 10 nitrogen and oxygen atoms in total. The van der Waals surface area contributed by atoms with Crippen molar-refractivity contribution in [3.8, 4) is 5.75 Å². The molecule has 1 atom stereocenters. The van der Waals surface area contributed by atoms with Crippen molar-refractivity contribution in [3.05, 3.63) is 71.7 Å². The fourth-order valence-corrected chi connectivity index (χ4v) is 3.65. The maximum Gasteiger partial charge on any atom is 0.344 e. The number of ether oxygens (including phenoxy) is 1. The van der Waals surface area contributed by atoms with Gasteiger partial charge in [0.15, 0.2) is 6.10 Å². The summed E-state index contributed by atoms with van der Waals surface area (Å²) in [5.41, 5.74) is -0.786. The molecule has 34 heavy (non-hydrogen) atoms. The highest BCUT2D eigenvalue weighted by atomic mass is 79.9. The Bertz CT molecular complexity index is 1400. The zero-order chi connectivity index (χ0) is 25.4. The summed E-state index contributed by atoms with van der Waals surface area (Å²) >= 11 is 9.52. The number of aromatic nitrogens is 2. The van der Waals surface area contributed by atoms with Gasteiger partial charge in [-0.25, -0.2) is 9.78 Å². The standard InChI is InChI=1S/C22H20BrClN4O6/c1-11(20(30)31)34-18-15(24)7-12(8-17(18)28(32)33)10-25-27-19(29)14-9-13(23)5-6-16(14)26-21(27)22(2,3)4/h5-11H,1-4H3,(H,30,31)/t11-/m0/s1. The van der Waals surface area contributed by atoms with Gasteiger partial charge in [0.25, 0.3) is 5.56 Å². The zero-order valence-electron chi connectivity index (χ0n) is 18.6. The Labute approximate surface area is 207 Å². The minimum Gasteiger partial charge on any atom is -0.479 e. The molecule has 3 rings (SSSR count). The molecule has 0 saturated carbocycles. The first-order valence-electron chi connectivity index (χ1n) is 9.94. The van der Waals surface area contributed by atoms with Crippen LogP contribution in [-0.2, 0) is 10.2 Å². The number of carboxylic acids is 1. The molecule has 2 aromatic carbocycles. The summed E-state index contributed by atoms with van der Waals surface area (Å²) in [5, 5.41) is 25.1. The first kappa shape index (κ1) is 25.3. The van der Waals surface area contributed by atoms with Gasteiger partial charge in [0.2, 0.25) is 5.75 Å². The number of carboxylic acid groups (broad SMARTS) is 1. The molecule has 0 spiro atoms. The SMILES string of the molecule is C[C@H](Oc1c(Cl)cc(C=Nn2c(C(C)(C)C)nc3ccc(Br)cc3c2=O)cc1[N+](=O)[O-])C(=O)O. The maximum absolute atomic E-state index is 13.2. The molecule has 0 bridgehead atoms. The molecule has 12 heteroatoms. The second kappa shape index (κ2) is 9.51. The molecular formula is C22H20BrClN4O6. The van der Waals surface area contributed by atoms with Crippen molar-refractivity contribution >= 4 is 56.3 Å². The fourth-order valence-electron chi connectivity index (χ4n) is 3.02. The van der Waals surface area contributed by atoms with E-state index in [0.717, 1.165) is 10.7 Å². The minimum atomic E-state index is -1.35. The molecule has 0 aliphatic rings. The number of hydrogen-bond acceptors (Lipinski definition) is 7. The molecule has 0 aliphatic carbocycles. The van der Waals surface area contributed by atoms with Gasteiger partial charge < -0.3 is 9.84 Å². The Morgan fingerprint density at radius 2 is 2.03 bits per heavy atom. The van der Waals surface area contributed by atoms with Crippen LogP contribution in [0.3, 0.4) is 0 Å². The number of benzene rings is 2. The van der Waals surface area contributed by atoms with Gasteiger partial charge in [0, 0.05) is 21.5 Å². The van der Waals surface area contributed by atoms with E-state index < -0.39 is 33.7 Å². The van der Waals surface area contributed by atoms with Gasteiger partial charge in [-0.1, -0.05) is 48.3 Å². The average Bonchev–Trinajstić information content (AvgIpc) is 2.73. The number of nitrogens with zero attached hydrogens (tertiary/aromatic N) is 4. The Balaban J connectivity index is 2.16. The van der Waals surface area contributed by atoms with E-state index >= 15 is 0 Å². The summed E-state index contributed by atoms with van der Waals surface area (Å²) < 4.78 is 7.02. The highest BCUT2D eigenvalue weighted by Gasteiger charge is 2.25. The Hall–Kier alpha value is -3.31. The first-order valence-corrected chi connectivity index (χ1v) is 11.1. The lowest BCUT2D eigenvalue weighted by atomic mass is 9.95. The number of hydrogen-bond donors (Lipinski definition) is 1. The number of fused-ring (bicyclic) bond motifs is 1. The van der Waals surface area contributed by atoms with Crippen LogP contribution in [0, 0.1) is 10.1 Å². The summed E-state index contributed by atoms with van der Waals surface area (Å²) in [4.78, 5) is 39.8. The lowest BCUT2D eigenvalue weighted by Gasteiger charge is -2.20. The third kappa shape index (κ3) is 5.26. The predicted molar refractivity (Wildman–Crippen MR) is 131 cm³/mol. The zero-order valence-corrected chi connectivity index (χ0v) is 20.9. The van der Waals surface area contributed by atoms with E-state index in [2.05, 4.69) is 26.0 Å². The van der Waals surface area contributed by atoms with Crippen molar-refractivity contribution in [3.63, 3.8) is 0 Å². The molecule has 0 fully saturated rings. The summed E-state index contributed by atoms with van der Waals surface area (Å²) in [7, 11) is 0. The van der Waals surface area contributed by atoms with Crippen molar-refractivity contribution in [1.29, 1.82) is 0 Å². The van der Waals surface area contributed by atoms with E-state index in [9.17, 15) is 19.7 Å². The van der Waals surface area contributed by atoms with Crippen LogP contribution >= 0.6 is 27.5 Å². The molecular weight excluding hydrogens is 532 g/mol. The van der Waals surface area contributed by atoms with Crippen LogP contribution in [0.4, 0.5) is 5.69 Å². The van der Waals surface area contributed by atoms with E-state index in [1.165, 1.54) is 19.2 Å². The van der Waals surface area contributed by atoms with E-state index in [0.29, 0.717) is 21.2 Å². The monoisotopic (exact) mass is 550 g/mol. The molecule has 178 valence electrons. The van der Waals surface area contributed by atoms with Crippen LogP contribution in [0.5, 0.6) is 5.75 Å². The van der Waals surface area contributed by atoms with E-state index in [-0.39, 0.29) is 16.3 Å². The smallest absolute Gasteiger partial charge is 0.344 e. The first-order chi connectivity index (χ1) is 15.8. The van der Waals surface area contributed by atoms with E-state index in [1.807, 2.05) is 20.8 Å². The number of carbonyl (C=O) groups is 1. The molecule has 1 heterocycles. The summed E-state index contributed by atoms with van der Waals surface area (Å²) in [6, 6.07) is 7.61. The largest absolute Gasteiger partial charge is 0.479 e. The molecule has 1 aromatic heterocycles. The molecule has 0 unspecified atom stereocenters. The lowest BCUT2D eigenvalue weighted by Crippen LogP contribution is -2.29. The maximum atomic E-state index is 13.2. The highest BCUT2D eigenvalue weighted by molar-refractivity contribution is 9.10. The van der Waals surface area contributed by atoms with Gasteiger partial charge in [0.1, 0.15) is 5.82 Å². The number of aliphatic carboxylic acids is 1. The number of rotatable bonds is 6. The predicted octanol–water partition coefficient (Wildman–Crippen LogP) is 4.75. The van der Waals surface area contributed by atoms with Crippen LogP contribution in [0.15, 0.2) is 44.7 Å². The van der Waals surface area contributed by atoms with Crippen LogP contribution in [-0.4, -0.2) is 38.0 Å². The third-order valence-corrected chi connectivity index (χ3v) is 5.46. The molecule has 0 saturated heterocycles. The van der Waals surface area contributed by atoms with Crippen LogP contribution < -0.4 is 10.3 Å². The van der Waals surface area contributed by atoms with Crippen LogP contribution in [0.1, 0.15) is 39.1 Å². The summed E-state index contributed by atoms with van der Waals surface area (Å²) in [6.07, 6.45) is -0.113. The number of halogens is 2. The summed E-state index contributed by atoms with van der Waals surface area (Å²) in [5.74, 6) is -1.29. The highest BCUT2D eigenvalue weighted by Crippen LogP contribution is 2.36. The lowest BCUT2D eigenvalue weighted by molar-refractivity contribution is -0.386. The van der Waals surface area contributed by atoms with Crippen molar-refractivity contribution in [2.75, 3.05) is 0 Å². The minimum absolute atomic E-state index is 0.173. The quantitative estimate of drug-likeness (QED) is 0.265. The van der Waals surface area contributed by atoms with Crippen molar-refractivity contribution in [1.82, 2.24) is 9.66 Å². The Morgan fingerprint density at radius 1 is 1.35 bits per heavy atom. The van der Waals surface area contributed by atoms with Gasteiger partial charge in [0.05, 0.1) is 27.1 Å². The normalized spacial score (nSPS) is 12.8. The second-order valence-electron chi connectivity index (χ2n) is 8.41. The molecule has 1 N–H and O–H groups in total. The van der Waals surface area contributed by atoms with Gasteiger partial charge in [-0.15, -0.1) is 0 Å². The average molecular weight is 552 g/mol. The number of nitro benzene ring substituents is 1. The van der Waals surface area contributed by atoms with E-state index in [1.54, 1.807) is 18.2 Å². The van der Waals surface area contributed by atoms with Crippen LogP contribution in [0.25, 0.3) is 10.9 Å². The molecule has 0 radical (unpaired) electrons. The number of nitro groups is 1. The van der Waals surface area contributed by atoms with Crippen molar-refractivity contribution in [2.24, 2.45) is 5.10 Å². The molecule has 0 aliphatic heterocycles. The van der Waals surface area contributed by atoms with Crippen LogP contribution in [0.2, 0.25) is 5.02 Å². The molecule has 3 aromatic rings. The van der Waals surface area contributed by atoms with Gasteiger partial charge in [-0.2, -0.15) is 9.78 Å². The Morgan fingerprint density at radius 3 is 2.62 bits per heavy atom. The fraction of sp³-hybridized carbons (Fsp3) is 0.273. The Kier molecular flexibility index (Phi) is 7.08. The van der Waals surface area contributed by atoms with Crippen molar-refractivity contribution in [2.45, 2.75) is 39.2 Å².